The maximum atomic E-state index is 13.3. The molecule has 4 rings (SSSR count). The zero-order chi connectivity index (χ0) is 21.3. The first-order valence-corrected chi connectivity index (χ1v) is 9.56. The number of methoxy groups -OCH3 is 1. The van der Waals surface area contributed by atoms with E-state index in [1.807, 2.05) is 12.1 Å². The van der Waals surface area contributed by atoms with E-state index in [2.05, 4.69) is 15.7 Å². The molecule has 0 saturated heterocycles. The fourth-order valence-electron chi connectivity index (χ4n) is 3.43. The van der Waals surface area contributed by atoms with Crippen LogP contribution in [-0.2, 0) is 20.9 Å². The highest BCUT2D eigenvalue weighted by atomic mass is 35.5. The van der Waals surface area contributed by atoms with Gasteiger partial charge < -0.3 is 15.4 Å². The lowest BCUT2D eigenvalue weighted by Crippen LogP contribution is -2.24. The van der Waals surface area contributed by atoms with Crippen molar-refractivity contribution in [1.29, 1.82) is 0 Å². The first-order valence-electron chi connectivity index (χ1n) is 9.19. The SMILES string of the molecule is COCc1nn2c(c1-c1ccc(Cl)cc1)NC(=O)C2CC(=O)Nc1cccc(F)c1. The number of amides is 2. The second-order valence-electron chi connectivity index (χ2n) is 6.82. The summed E-state index contributed by atoms with van der Waals surface area (Å²) >= 11 is 5.99. The van der Waals surface area contributed by atoms with Crippen LogP contribution in [0.1, 0.15) is 18.2 Å². The van der Waals surface area contributed by atoms with Crippen LogP contribution in [0.15, 0.2) is 48.5 Å². The van der Waals surface area contributed by atoms with Crippen molar-refractivity contribution < 1.29 is 18.7 Å². The van der Waals surface area contributed by atoms with Crippen LogP contribution in [0.5, 0.6) is 0 Å². The third-order valence-electron chi connectivity index (χ3n) is 4.72. The lowest BCUT2D eigenvalue weighted by molar-refractivity contribution is -0.123. The second-order valence-corrected chi connectivity index (χ2v) is 7.26. The molecule has 7 nitrogen and oxygen atoms in total. The first-order chi connectivity index (χ1) is 14.5. The predicted molar refractivity (Wildman–Crippen MR) is 111 cm³/mol. The summed E-state index contributed by atoms with van der Waals surface area (Å²) < 4.78 is 20.1. The molecule has 2 N–H and O–H groups in total. The molecule has 2 aromatic carbocycles. The van der Waals surface area contributed by atoms with Crippen LogP contribution in [0.3, 0.4) is 0 Å². The number of carbonyl (C=O) groups excluding carboxylic acids is 2. The first kappa shape index (κ1) is 20.1. The van der Waals surface area contributed by atoms with Gasteiger partial charge in [-0.15, -0.1) is 0 Å². The zero-order valence-corrected chi connectivity index (χ0v) is 16.7. The molecule has 1 atom stereocenters. The molecular formula is C21H18ClFN4O3. The lowest BCUT2D eigenvalue weighted by atomic mass is 10.1. The minimum absolute atomic E-state index is 0.149. The average Bonchev–Trinajstić information content (AvgIpc) is 3.18. The van der Waals surface area contributed by atoms with E-state index in [1.54, 1.807) is 25.3 Å². The van der Waals surface area contributed by atoms with Crippen LogP contribution >= 0.6 is 11.6 Å². The van der Waals surface area contributed by atoms with Crippen molar-refractivity contribution >= 4 is 34.9 Å². The molecule has 1 unspecified atom stereocenters. The Morgan fingerprint density at radius 2 is 2.07 bits per heavy atom. The predicted octanol–water partition coefficient (Wildman–Crippen LogP) is 4.01. The van der Waals surface area contributed by atoms with Gasteiger partial charge in [-0.2, -0.15) is 5.10 Å². The Morgan fingerprint density at radius 1 is 1.30 bits per heavy atom. The number of hydrogen-bond donors (Lipinski definition) is 2. The summed E-state index contributed by atoms with van der Waals surface area (Å²) in [5, 5.41) is 10.5. The van der Waals surface area contributed by atoms with Crippen molar-refractivity contribution in [2.75, 3.05) is 17.7 Å². The number of benzene rings is 2. The minimum atomic E-state index is -0.829. The van der Waals surface area contributed by atoms with E-state index in [4.69, 9.17) is 16.3 Å². The van der Waals surface area contributed by atoms with Crippen LogP contribution in [0.25, 0.3) is 11.1 Å². The molecular weight excluding hydrogens is 411 g/mol. The molecule has 0 aliphatic carbocycles. The van der Waals surface area contributed by atoms with E-state index >= 15 is 0 Å². The number of hydrogen-bond acceptors (Lipinski definition) is 4. The second kappa shape index (κ2) is 8.25. The van der Waals surface area contributed by atoms with Crippen molar-refractivity contribution in [1.82, 2.24) is 9.78 Å². The van der Waals surface area contributed by atoms with Gasteiger partial charge in [-0.1, -0.05) is 29.8 Å². The quantitative estimate of drug-likeness (QED) is 0.621. The number of halogens is 2. The molecule has 30 heavy (non-hydrogen) atoms. The number of anilines is 2. The fraction of sp³-hybridized carbons (Fsp3) is 0.190. The maximum absolute atomic E-state index is 13.3. The molecule has 0 bridgehead atoms. The highest BCUT2D eigenvalue weighted by Gasteiger charge is 2.37. The fourth-order valence-corrected chi connectivity index (χ4v) is 3.55. The van der Waals surface area contributed by atoms with E-state index in [9.17, 15) is 14.0 Å². The highest BCUT2D eigenvalue weighted by molar-refractivity contribution is 6.30. The summed E-state index contributed by atoms with van der Waals surface area (Å²) in [5.74, 6) is -0.730. The Balaban J connectivity index is 1.62. The van der Waals surface area contributed by atoms with Gasteiger partial charge in [0, 0.05) is 23.4 Å². The summed E-state index contributed by atoms with van der Waals surface area (Å²) in [4.78, 5) is 25.0. The Morgan fingerprint density at radius 3 is 2.77 bits per heavy atom. The number of ether oxygens (including phenoxy) is 1. The summed E-state index contributed by atoms with van der Waals surface area (Å²) in [6.45, 7) is 0.232. The number of carbonyl (C=O) groups is 2. The van der Waals surface area contributed by atoms with Crippen LogP contribution in [0, 0.1) is 5.82 Å². The van der Waals surface area contributed by atoms with Gasteiger partial charge in [0.1, 0.15) is 17.7 Å². The Hall–Kier alpha value is -3.23. The Kier molecular flexibility index (Phi) is 5.52. The minimum Gasteiger partial charge on any atom is -0.378 e. The summed E-state index contributed by atoms with van der Waals surface area (Å²) in [5.41, 5.74) is 2.49. The third-order valence-corrected chi connectivity index (χ3v) is 4.98. The van der Waals surface area contributed by atoms with Gasteiger partial charge in [0.25, 0.3) is 5.91 Å². The molecule has 1 aromatic heterocycles. The van der Waals surface area contributed by atoms with Crippen molar-refractivity contribution in [2.24, 2.45) is 0 Å². The van der Waals surface area contributed by atoms with Gasteiger partial charge in [0.2, 0.25) is 5.91 Å². The summed E-state index contributed by atoms with van der Waals surface area (Å²) in [6, 6.07) is 11.9. The van der Waals surface area contributed by atoms with Crippen LogP contribution in [0.2, 0.25) is 5.02 Å². The molecule has 9 heteroatoms. The molecule has 2 heterocycles. The van der Waals surface area contributed by atoms with Crippen molar-refractivity contribution in [3.63, 3.8) is 0 Å². The molecule has 1 aliphatic heterocycles. The van der Waals surface area contributed by atoms with E-state index < -0.39 is 17.8 Å². The zero-order valence-electron chi connectivity index (χ0n) is 16.0. The van der Waals surface area contributed by atoms with Crippen molar-refractivity contribution in [2.45, 2.75) is 19.1 Å². The third kappa shape index (κ3) is 3.92. The smallest absolute Gasteiger partial charge is 0.251 e. The van der Waals surface area contributed by atoms with Crippen LogP contribution in [-0.4, -0.2) is 28.7 Å². The van der Waals surface area contributed by atoms with Gasteiger partial charge in [0.15, 0.2) is 0 Å². The molecule has 0 radical (unpaired) electrons. The number of rotatable bonds is 6. The molecule has 1 aliphatic rings. The van der Waals surface area contributed by atoms with E-state index in [1.165, 1.54) is 22.9 Å². The maximum Gasteiger partial charge on any atom is 0.251 e. The molecule has 154 valence electrons. The largest absolute Gasteiger partial charge is 0.378 e. The van der Waals surface area contributed by atoms with Crippen LogP contribution in [0.4, 0.5) is 15.9 Å². The molecule has 3 aromatic rings. The van der Waals surface area contributed by atoms with E-state index in [0.29, 0.717) is 22.2 Å². The molecule has 0 fully saturated rings. The van der Waals surface area contributed by atoms with Crippen molar-refractivity contribution in [3.05, 3.63) is 65.1 Å². The number of nitrogens with one attached hydrogen (secondary N) is 2. The number of nitrogens with zero attached hydrogens (tertiary/aromatic N) is 2. The Bertz CT molecular complexity index is 1110. The molecule has 0 saturated carbocycles. The Labute approximate surface area is 176 Å². The normalized spacial score (nSPS) is 15.0. The monoisotopic (exact) mass is 428 g/mol. The molecule has 0 spiro atoms. The van der Waals surface area contributed by atoms with Crippen molar-refractivity contribution in [3.8, 4) is 11.1 Å². The van der Waals surface area contributed by atoms with E-state index in [-0.39, 0.29) is 18.9 Å². The summed E-state index contributed by atoms with van der Waals surface area (Å²) in [6.07, 6.45) is -0.149. The standard InChI is InChI=1S/C21H18ClFN4O3/c1-30-11-16-19(12-5-7-13(22)8-6-12)20-25-21(29)17(27(20)26-16)10-18(28)24-15-4-2-3-14(23)9-15/h2-9,17H,10-11H2,1H3,(H,24,28)(H,25,29). The van der Waals surface area contributed by atoms with E-state index in [0.717, 1.165) is 11.1 Å². The van der Waals surface area contributed by atoms with Gasteiger partial charge in [-0.25, -0.2) is 9.07 Å². The topological polar surface area (TPSA) is 85.2 Å². The van der Waals surface area contributed by atoms with Gasteiger partial charge >= 0.3 is 0 Å². The average molecular weight is 429 g/mol. The van der Waals surface area contributed by atoms with Gasteiger partial charge in [0.05, 0.1) is 18.7 Å². The van der Waals surface area contributed by atoms with Gasteiger partial charge in [-0.3, -0.25) is 9.59 Å². The highest BCUT2D eigenvalue weighted by Crippen LogP contribution is 2.39. The van der Waals surface area contributed by atoms with Crippen LogP contribution < -0.4 is 10.6 Å². The number of fused-ring (bicyclic) bond motifs is 1. The lowest BCUT2D eigenvalue weighted by Gasteiger charge is -2.10. The molecule has 2 amide bonds. The summed E-state index contributed by atoms with van der Waals surface area (Å²) in [7, 11) is 1.55. The van der Waals surface area contributed by atoms with Gasteiger partial charge in [-0.05, 0) is 35.9 Å². The number of aromatic nitrogens is 2.